The molecular formula is C17H14N2O4. The van der Waals surface area contributed by atoms with Crippen LogP contribution in [0.2, 0.25) is 0 Å². The molecule has 23 heavy (non-hydrogen) atoms. The summed E-state index contributed by atoms with van der Waals surface area (Å²) >= 11 is 0. The Morgan fingerprint density at radius 3 is 1.70 bits per heavy atom. The zero-order valence-corrected chi connectivity index (χ0v) is 12.7. The summed E-state index contributed by atoms with van der Waals surface area (Å²) in [6.45, 7) is 0. The summed E-state index contributed by atoms with van der Waals surface area (Å²) in [5.74, 6) is -1.21. The van der Waals surface area contributed by atoms with Gasteiger partial charge < -0.3 is 9.47 Å². The van der Waals surface area contributed by atoms with Crippen LogP contribution in [0, 0.1) is 0 Å². The summed E-state index contributed by atoms with van der Waals surface area (Å²) in [6, 6.07) is 0. The number of allylic oxidation sites excluding steroid dienone is 6. The van der Waals surface area contributed by atoms with E-state index >= 15 is 0 Å². The van der Waals surface area contributed by atoms with Gasteiger partial charge in [0.15, 0.2) is 11.4 Å². The first-order chi connectivity index (χ1) is 11.1. The van der Waals surface area contributed by atoms with E-state index in [-0.39, 0.29) is 11.4 Å². The molecule has 0 unspecified atom stereocenters. The van der Waals surface area contributed by atoms with E-state index in [9.17, 15) is 9.59 Å². The maximum Gasteiger partial charge on any atom is 0.359 e. The molecule has 0 saturated heterocycles. The molecule has 0 radical (unpaired) electrons. The predicted octanol–water partition coefficient (Wildman–Crippen LogP) is 0.437. The fourth-order valence-corrected chi connectivity index (χ4v) is 2.53. The van der Waals surface area contributed by atoms with Crippen molar-refractivity contribution in [2.75, 3.05) is 14.2 Å². The lowest BCUT2D eigenvalue weighted by atomic mass is 10.1. The predicted molar refractivity (Wildman–Crippen MR) is 82.8 cm³/mol. The molecule has 0 aliphatic heterocycles. The second kappa shape index (κ2) is 6.00. The van der Waals surface area contributed by atoms with Crippen LogP contribution >= 0.6 is 0 Å². The molecule has 0 amide bonds. The average molecular weight is 310 g/mol. The van der Waals surface area contributed by atoms with E-state index in [2.05, 4.69) is 10.2 Å². The molecule has 0 saturated carbocycles. The number of fused-ring (bicyclic) bond motifs is 3. The molecule has 1 aromatic rings. The molecule has 0 fully saturated rings. The van der Waals surface area contributed by atoms with Crippen molar-refractivity contribution in [3.05, 3.63) is 57.3 Å². The summed E-state index contributed by atoms with van der Waals surface area (Å²) in [4.78, 5) is 24.0. The summed E-state index contributed by atoms with van der Waals surface area (Å²) < 4.78 is 9.53. The van der Waals surface area contributed by atoms with Crippen LogP contribution < -0.4 is 10.4 Å². The third kappa shape index (κ3) is 2.70. The third-order valence-electron chi connectivity index (χ3n) is 3.61. The van der Waals surface area contributed by atoms with Crippen molar-refractivity contribution in [3.8, 4) is 0 Å². The summed E-state index contributed by atoms with van der Waals surface area (Å²) in [5.41, 5.74) is 2.13. The third-order valence-corrected chi connectivity index (χ3v) is 3.61. The van der Waals surface area contributed by atoms with Gasteiger partial charge in [-0.3, -0.25) is 0 Å². The molecular weight excluding hydrogens is 296 g/mol. The number of nitrogens with zero attached hydrogens (tertiary/aromatic N) is 2. The minimum Gasteiger partial charge on any atom is -0.464 e. The Bertz CT molecular complexity index is 834. The number of rotatable bonds is 2. The Balaban J connectivity index is 2.43. The Hall–Kier alpha value is -3.02. The van der Waals surface area contributed by atoms with Gasteiger partial charge in [-0.1, -0.05) is 24.3 Å². The van der Waals surface area contributed by atoms with Crippen molar-refractivity contribution in [2.45, 2.75) is 6.42 Å². The molecule has 0 atom stereocenters. The summed E-state index contributed by atoms with van der Waals surface area (Å²) in [5, 5.41) is 8.76. The monoisotopic (exact) mass is 310 g/mol. The highest BCUT2D eigenvalue weighted by Gasteiger charge is 2.20. The maximum absolute atomic E-state index is 12.0. The second-order valence-electron chi connectivity index (χ2n) is 5.04. The molecule has 0 N–H and O–H groups in total. The lowest BCUT2D eigenvalue weighted by Gasteiger charge is -2.03. The van der Waals surface area contributed by atoms with E-state index < -0.39 is 11.9 Å². The fourth-order valence-electron chi connectivity index (χ4n) is 2.53. The molecule has 2 aliphatic rings. The van der Waals surface area contributed by atoms with Crippen LogP contribution in [0.1, 0.15) is 27.4 Å². The van der Waals surface area contributed by atoms with E-state index in [0.29, 0.717) is 16.9 Å². The number of ether oxygens (including phenoxy) is 2. The van der Waals surface area contributed by atoms with Gasteiger partial charge in [-0.05, 0) is 29.7 Å². The topological polar surface area (TPSA) is 78.4 Å². The van der Waals surface area contributed by atoms with Gasteiger partial charge in [0, 0.05) is 10.4 Å². The Labute approximate surface area is 132 Å². The molecule has 6 heteroatoms. The number of hydrogen-bond acceptors (Lipinski definition) is 6. The molecule has 1 heterocycles. The summed E-state index contributed by atoms with van der Waals surface area (Å²) in [7, 11) is 2.55. The Kier molecular flexibility index (Phi) is 3.89. The van der Waals surface area contributed by atoms with Crippen LogP contribution in [-0.2, 0) is 9.47 Å². The first-order valence-corrected chi connectivity index (χ1v) is 6.97. The number of carbonyl (C=O) groups excluding carboxylic acids is 2. The normalized spacial score (nSPS) is 14.9. The SMILES string of the molecule is COC(=O)c1nnc(C(=O)OC)c2c1=CC1=CC=CC=C(C=2)C1. The molecule has 1 aromatic heterocycles. The van der Waals surface area contributed by atoms with Crippen LogP contribution in [0.25, 0.3) is 12.2 Å². The van der Waals surface area contributed by atoms with E-state index in [1.165, 1.54) is 14.2 Å². The molecule has 2 bridgehead atoms. The number of carbonyl (C=O) groups is 2. The average Bonchev–Trinajstić information content (AvgIpc) is 2.90. The van der Waals surface area contributed by atoms with Crippen molar-refractivity contribution in [2.24, 2.45) is 0 Å². The van der Waals surface area contributed by atoms with E-state index in [1.807, 2.05) is 36.5 Å². The lowest BCUT2D eigenvalue weighted by molar-refractivity contribution is 0.0571. The first-order valence-electron chi connectivity index (χ1n) is 6.97. The van der Waals surface area contributed by atoms with Crippen LogP contribution in [0.15, 0.2) is 35.5 Å². The lowest BCUT2D eigenvalue weighted by Crippen LogP contribution is -2.39. The van der Waals surface area contributed by atoms with Gasteiger partial charge in [0.25, 0.3) is 0 Å². The minimum absolute atomic E-state index is 0.0723. The molecule has 116 valence electrons. The maximum atomic E-state index is 12.0. The molecule has 0 aromatic carbocycles. The Morgan fingerprint density at radius 2 is 1.30 bits per heavy atom. The highest BCUT2D eigenvalue weighted by atomic mass is 16.5. The van der Waals surface area contributed by atoms with Gasteiger partial charge in [-0.2, -0.15) is 0 Å². The summed E-state index contributed by atoms with van der Waals surface area (Å²) in [6.07, 6.45) is 12.1. The van der Waals surface area contributed by atoms with Crippen molar-refractivity contribution in [1.82, 2.24) is 10.2 Å². The van der Waals surface area contributed by atoms with Crippen molar-refractivity contribution < 1.29 is 19.1 Å². The minimum atomic E-state index is -0.603. The van der Waals surface area contributed by atoms with Gasteiger partial charge in [0.1, 0.15) is 0 Å². The van der Waals surface area contributed by atoms with Crippen LogP contribution in [0.5, 0.6) is 0 Å². The van der Waals surface area contributed by atoms with Crippen molar-refractivity contribution >= 4 is 24.1 Å². The number of hydrogen-bond donors (Lipinski definition) is 0. The van der Waals surface area contributed by atoms with E-state index in [4.69, 9.17) is 9.47 Å². The van der Waals surface area contributed by atoms with Gasteiger partial charge in [0.2, 0.25) is 0 Å². The molecule has 2 aliphatic carbocycles. The van der Waals surface area contributed by atoms with Gasteiger partial charge in [-0.15, -0.1) is 10.2 Å². The quantitative estimate of drug-likeness (QED) is 0.738. The number of aromatic nitrogens is 2. The largest absolute Gasteiger partial charge is 0.464 e. The van der Waals surface area contributed by atoms with Gasteiger partial charge in [-0.25, -0.2) is 9.59 Å². The van der Waals surface area contributed by atoms with Crippen LogP contribution in [-0.4, -0.2) is 36.4 Å². The highest BCUT2D eigenvalue weighted by molar-refractivity contribution is 5.91. The molecule has 0 spiro atoms. The highest BCUT2D eigenvalue weighted by Crippen LogP contribution is 2.18. The van der Waals surface area contributed by atoms with E-state index in [1.54, 1.807) is 0 Å². The standard InChI is InChI=1S/C17H14N2O4/c1-22-16(20)14-12-8-10-5-3-4-6-11(7-10)9-13(12)15(19-18-14)17(21)23-2/h3-6,8-9H,7H2,1-2H3. The molecule has 3 rings (SSSR count). The zero-order valence-electron chi connectivity index (χ0n) is 12.7. The van der Waals surface area contributed by atoms with Crippen LogP contribution in [0.3, 0.4) is 0 Å². The molecule has 6 nitrogen and oxygen atoms in total. The van der Waals surface area contributed by atoms with E-state index in [0.717, 1.165) is 11.1 Å². The van der Waals surface area contributed by atoms with Crippen molar-refractivity contribution in [3.63, 3.8) is 0 Å². The number of esters is 2. The zero-order chi connectivity index (χ0) is 16.4. The number of methoxy groups -OCH3 is 2. The van der Waals surface area contributed by atoms with Gasteiger partial charge in [0.05, 0.1) is 14.2 Å². The van der Waals surface area contributed by atoms with Crippen LogP contribution in [0.4, 0.5) is 0 Å². The van der Waals surface area contributed by atoms with Gasteiger partial charge >= 0.3 is 11.9 Å². The Morgan fingerprint density at radius 1 is 0.870 bits per heavy atom. The first kappa shape index (κ1) is 14.9. The van der Waals surface area contributed by atoms with Crippen molar-refractivity contribution in [1.29, 1.82) is 0 Å². The second-order valence-corrected chi connectivity index (χ2v) is 5.04. The smallest absolute Gasteiger partial charge is 0.359 e. The fraction of sp³-hybridized carbons (Fsp3) is 0.176.